The first-order valence-electron chi connectivity index (χ1n) is 6.48. The zero-order valence-electron chi connectivity index (χ0n) is 10.4. The summed E-state index contributed by atoms with van der Waals surface area (Å²) in [5, 5.41) is 3.51. The van der Waals surface area contributed by atoms with Gasteiger partial charge >= 0.3 is 0 Å². The smallest absolute Gasteiger partial charge is 0.210 e. The molecule has 18 heavy (non-hydrogen) atoms. The summed E-state index contributed by atoms with van der Waals surface area (Å²) in [7, 11) is 0. The van der Waals surface area contributed by atoms with Gasteiger partial charge in [0.15, 0.2) is 0 Å². The van der Waals surface area contributed by atoms with Crippen molar-refractivity contribution in [3.8, 4) is 0 Å². The number of nitrogens with one attached hydrogen (secondary N) is 1. The average Bonchev–Trinajstić information content (AvgIpc) is 3.04. The number of rotatable bonds is 4. The second kappa shape index (κ2) is 4.98. The van der Waals surface area contributed by atoms with Gasteiger partial charge in [0.2, 0.25) is 6.41 Å². The highest BCUT2D eigenvalue weighted by molar-refractivity contribution is 5.60. The third-order valence-electron chi connectivity index (χ3n) is 3.76. The lowest BCUT2D eigenvalue weighted by molar-refractivity contribution is -0.118. The molecule has 2 aliphatic heterocycles. The molecule has 1 N–H and O–H groups in total. The van der Waals surface area contributed by atoms with Crippen LogP contribution >= 0.6 is 0 Å². The summed E-state index contributed by atoms with van der Waals surface area (Å²) in [6.45, 7) is 4.17. The van der Waals surface area contributed by atoms with Crippen LogP contribution in [0.4, 0.5) is 5.69 Å². The molecule has 0 saturated carbocycles. The molecular formula is C14H18N2O2. The van der Waals surface area contributed by atoms with E-state index >= 15 is 0 Å². The van der Waals surface area contributed by atoms with E-state index in [0.717, 1.165) is 45.7 Å². The molecule has 1 amide bonds. The minimum absolute atomic E-state index is 0.615. The predicted octanol–water partition coefficient (Wildman–Crippen LogP) is 1.61. The summed E-state index contributed by atoms with van der Waals surface area (Å²) in [6.07, 6.45) is 2.07. The first kappa shape index (κ1) is 11.5. The lowest BCUT2D eigenvalue weighted by Gasteiger charge is -2.14. The molecule has 2 aliphatic rings. The van der Waals surface area contributed by atoms with E-state index in [1.165, 1.54) is 16.8 Å². The van der Waals surface area contributed by atoms with Crippen LogP contribution in [0, 0.1) is 5.92 Å². The molecule has 1 unspecified atom stereocenters. The number of hydrogen-bond donors (Lipinski definition) is 1. The number of carbonyl (C=O) groups is 1. The summed E-state index contributed by atoms with van der Waals surface area (Å²) in [6, 6.07) is 6.26. The van der Waals surface area contributed by atoms with Crippen LogP contribution in [0.1, 0.15) is 17.5 Å². The van der Waals surface area contributed by atoms with Crippen LogP contribution < -0.4 is 5.32 Å². The molecule has 0 aliphatic carbocycles. The maximum Gasteiger partial charge on any atom is 0.210 e. The second-order valence-electron chi connectivity index (χ2n) is 5.06. The van der Waals surface area contributed by atoms with Gasteiger partial charge in [0.25, 0.3) is 0 Å². The van der Waals surface area contributed by atoms with Crippen molar-refractivity contribution in [2.75, 3.05) is 25.1 Å². The van der Waals surface area contributed by atoms with E-state index in [9.17, 15) is 4.79 Å². The number of anilines is 1. The van der Waals surface area contributed by atoms with Gasteiger partial charge in [-0.25, -0.2) is 0 Å². The quantitative estimate of drug-likeness (QED) is 0.821. The highest BCUT2D eigenvalue weighted by Crippen LogP contribution is 2.28. The molecule has 96 valence electrons. The van der Waals surface area contributed by atoms with Crippen molar-refractivity contribution in [3.63, 3.8) is 0 Å². The normalized spacial score (nSPS) is 22.0. The van der Waals surface area contributed by atoms with Gasteiger partial charge in [0.05, 0.1) is 6.61 Å². The van der Waals surface area contributed by atoms with Crippen molar-refractivity contribution in [1.29, 1.82) is 0 Å². The molecule has 1 aromatic rings. The van der Waals surface area contributed by atoms with Crippen LogP contribution in [-0.4, -0.2) is 31.1 Å². The Balaban J connectivity index is 1.69. The monoisotopic (exact) mass is 246 g/mol. The third kappa shape index (κ3) is 2.20. The van der Waals surface area contributed by atoms with Crippen LogP contribution in [0.2, 0.25) is 0 Å². The minimum Gasteiger partial charge on any atom is -0.384 e. The molecule has 0 aromatic heterocycles. The summed E-state index contributed by atoms with van der Waals surface area (Å²) in [5.74, 6) is 0.615. The molecule has 1 saturated heterocycles. The Labute approximate surface area is 107 Å². The van der Waals surface area contributed by atoms with Gasteiger partial charge < -0.3 is 15.0 Å². The Morgan fingerprint density at radius 3 is 3.17 bits per heavy atom. The summed E-state index contributed by atoms with van der Waals surface area (Å²) >= 11 is 0. The number of ether oxygens (including phenoxy) is 1. The molecule has 0 radical (unpaired) electrons. The fraction of sp³-hybridized carbons (Fsp3) is 0.500. The van der Waals surface area contributed by atoms with E-state index in [1.54, 1.807) is 4.90 Å². The van der Waals surface area contributed by atoms with E-state index < -0.39 is 0 Å². The largest absolute Gasteiger partial charge is 0.384 e. The van der Waals surface area contributed by atoms with E-state index in [4.69, 9.17) is 4.74 Å². The minimum atomic E-state index is 0.615. The van der Waals surface area contributed by atoms with Crippen LogP contribution in [-0.2, 0) is 22.6 Å². The molecule has 0 bridgehead atoms. The highest BCUT2D eigenvalue weighted by atomic mass is 16.5. The number of benzene rings is 1. The van der Waals surface area contributed by atoms with E-state index in [-0.39, 0.29) is 0 Å². The second-order valence-corrected chi connectivity index (χ2v) is 5.06. The number of nitrogens with zero attached hydrogens (tertiary/aromatic N) is 1. The van der Waals surface area contributed by atoms with Crippen LogP contribution in [0.5, 0.6) is 0 Å². The van der Waals surface area contributed by atoms with Gasteiger partial charge in [-0.05, 0) is 23.6 Å². The average molecular weight is 246 g/mol. The fourth-order valence-corrected chi connectivity index (χ4v) is 2.69. The molecule has 4 heteroatoms. The topological polar surface area (TPSA) is 41.6 Å². The lowest BCUT2D eigenvalue weighted by atomic mass is 10.1. The first-order chi connectivity index (χ1) is 8.86. The van der Waals surface area contributed by atoms with Crippen molar-refractivity contribution in [2.24, 2.45) is 5.92 Å². The van der Waals surface area contributed by atoms with Crippen molar-refractivity contribution >= 4 is 12.1 Å². The molecule has 2 heterocycles. The van der Waals surface area contributed by atoms with Gasteiger partial charge in [0, 0.05) is 37.8 Å². The number of amides is 1. The molecular weight excluding hydrogens is 228 g/mol. The van der Waals surface area contributed by atoms with Crippen molar-refractivity contribution in [1.82, 2.24) is 4.90 Å². The molecule has 0 spiro atoms. The molecule has 4 nitrogen and oxygen atoms in total. The van der Waals surface area contributed by atoms with E-state index in [0.29, 0.717) is 5.92 Å². The first-order valence-corrected chi connectivity index (χ1v) is 6.48. The summed E-state index contributed by atoms with van der Waals surface area (Å²) in [5.41, 5.74) is 3.70. The number of fused-ring (bicyclic) bond motifs is 1. The predicted molar refractivity (Wildman–Crippen MR) is 69.2 cm³/mol. The standard InChI is InChI=1S/C14H18N2O2/c17-10-16-7-12-2-1-3-14(13(12)8-16)15-6-11-4-5-18-9-11/h1-3,10-11,15H,4-9H2. The Morgan fingerprint density at radius 2 is 2.39 bits per heavy atom. The van der Waals surface area contributed by atoms with Gasteiger partial charge in [-0.3, -0.25) is 4.79 Å². The van der Waals surface area contributed by atoms with Crippen LogP contribution in [0.25, 0.3) is 0 Å². The zero-order chi connectivity index (χ0) is 12.4. The van der Waals surface area contributed by atoms with Crippen molar-refractivity contribution in [2.45, 2.75) is 19.5 Å². The Kier molecular flexibility index (Phi) is 3.19. The third-order valence-corrected chi connectivity index (χ3v) is 3.76. The maximum atomic E-state index is 10.8. The molecule has 1 fully saturated rings. The molecule has 3 rings (SSSR count). The molecule has 1 aromatic carbocycles. The highest BCUT2D eigenvalue weighted by Gasteiger charge is 2.21. The summed E-state index contributed by atoms with van der Waals surface area (Å²) < 4.78 is 5.38. The van der Waals surface area contributed by atoms with Crippen molar-refractivity contribution in [3.05, 3.63) is 29.3 Å². The number of carbonyl (C=O) groups excluding carboxylic acids is 1. The summed E-state index contributed by atoms with van der Waals surface area (Å²) in [4.78, 5) is 12.6. The van der Waals surface area contributed by atoms with Crippen LogP contribution in [0.15, 0.2) is 18.2 Å². The lowest BCUT2D eigenvalue weighted by Crippen LogP contribution is -2.16. The van der Waals surface area contributed by atoms with Crippen molar-refractivity contribution < 1.29 is 9.53 Å². The van der Waals surface area contributed by atoms with Gasteiger partial charge in [-0.15, -0.1) is 0 Å². The van der Waals surface area contributed by atoms with Gasteiger partial charge in [0.1, 0.15) is 0 Å². The Bertz CT molecular complexity index is 441. The zero-order valence-corrected chi connectivity index (χ0v) is 10.4. The van der Waals surface area contributed by atoms with Gasteiger partial charge in [-0.1, -0.05) is 12.1 Å². The van der Waals surface area contributed by atoms with E-state index in [2.05, 4.69) is 23.5 Å². The number of hydrogen-bond acceptors (Lipinski definition) is 3. The fourth-order valence-electron chi connectivity index (χ4n) is 2.69. The van der Waals surface area contributed by atoms with E-state index in [1.807, 2.05) is 0 Å². The SMILES string of the molecule is O=CN1Cc2cccc(NCC3CCOC3)c2C1. The molecule has 1 atom stereocenters. The maximum absolute atomic E-state index is 10.8. The Hall–Kier alpha value is -1.55. The van der Waals surface area contributed by atoms with Crippen LogP contribution in [0.3, 0.4) is 0 Å². The van der Waals surface area contributed by atoms with Gasteiger partial charge in [-0.2, -0.15) is 0 Å². The Morgan fingerprint density at radius 1 is 1.44 bits per heavy atom.